The topological polar surface area (TPSA) is 18.5 Å². The van der Waals surface area contributed by atoms with Gasteiger partial charge < -0.3 is 9.47 Å². The number of ether oxygens (including phenoxy) is 2. The van der Waals surface area contributed by atoms with Crippen molar-refractivity contribution in [1.29, 1.82) is 0 Å². The summed E-state index contributed by atoms with van der Waals surface area (Å²) in [5.74, 6) is 1.67. The van der Waals surface area contributed by atoms with Crippen molar-refractivity contribution in [2.45, 2.75) is 13.8 Å². The van der Waals surface area contributed by atoms with Crippen molar-refractivity contribution >= 4 is 32.3 Å². The Morgan fingerprint density at radius 1 is 0.312 bits per heavy atom. The fourth-order valence-electron chi connectivity index (χ4n) is 7.27. The second-order valence-corrected chi connectivity index (χ2v) is 12.5. The third-order valence-electron chi connectivity index (χ3n) is 9.62. The van der Waals surface area contributed by atoms with Gasteiger partial charge in [0.15, 0.2) is 0 Å². The van der Waals surface area contributed by atoms with Gasteiger partial charge in [-0.05, 0) is 115 Å². The third kappa shape index (κ3) is 4.89. The maximum absolute atomic E-state index is 5.64. The number of aryl methyl sites for hydroxylation is 2. The third-order valence-corrected chi connectivity index (χ3v) is 9.62. The minimum Gasteiger partial charge on any atom is -0.497 e. The first-order valence-corrected chi connectivity index (χ1v) is 16.4. The van der Waals surface area contributed by atoms with E-state index in [9.17, 15) is 0 Å². The van der Waals surface area contributed by atoms with Gasteiger partial charge in [-0.25, -0.2) is 0 Å². The van der Waals surface area contributed by atoms with Crippen LogP contribution in [0.3, 0.4) is 0 Å². The first-order chi connectivity index (χ1) is 23.6. The molecule has 0 saturated heterocycles. The van der Waals surface area contributed by atoms with E-state index < -0.39 is 0 Å². The second kappa shape index (κ2) is 12.1. The molecule has 0 aromatic heterocycles. The van der Waals surface area contributed by atoms with Crippen molar-refractivity contribution in [3.05, 3.63) is 157 Å². The van der Waals surface area contributed by atoms with Gasteiger partial charge in [0.25, 0.3) is 0 Å². The molecule has 0 saturated carbocycles. The van der Waals surface area contributed by atoms with Gasteiger partial charge >= 0.3 is 0 Å². The van der Waals surface area contributed by atoms with Crippen molar-refractivity contribution < 1.29 is 9.47 Å². The van der Waals surface area contributed by atoms with Crippen LogP contribution in [0.4, 0.5) is 0 Å². The van der Waals surface area contributed by atoms with Gasteiger partial charge in [0.2, 0.25) is 0 Å². The van der Waals surface area contributed by atoms with Crippen LogP contribution in [0, 0.1) is 13.8 Å². The molecule has 0 heterocycles. The molecule has 232 valence electrons. The fraction of sp³-hybridized carbons (Fsp3) is 0.0870. The Hall–Kier alpha value is -5.86. The van der Waals surface area contributed by atoms with E-state index in [1.54, 1.807) is 14.2 Å². The van der Waals surface area contributed by atoms with Crippen LogP contribution in [-0.4, -0.2) is 14.2 Å². The number of methoxy groups -OCH3 is 2. The predicted octanol–water partition coefficient (Wildman–Crippen LogP) is 12.4. The summed E-state index contributed by atoms with van der Waals surface area (Å²) in [5, 5.41) is 7.44. The van der Waals surface area contributed by atoms with Crippen LogP contribution in [0.25, 0.3) is 76.8 Å². The van der Waals surface area contributed by atoms with Gasteiger partial charge in [-0.2, -0.15) is 0 Å². The van der Waals surface area contributed by atoms with Gasteiger partial charge in [-0.1, -0.05) is 132 Å². The minimum absolute atomic E-state index is 0.837. The van der Waals surface area contributed by atoms with E-state index in [2.05, 4.69) is 159 Å². The summed E-state index contributed by atoms with van der Waals surface area (Å²) >= 11 is 0. The van der Waals surface area contributed by atoms with Gasteiger partial charge in [-0.3, -0.25) is 0 Å². The highest BCUT2D eigenvalue weighted by atomic mass is 16.5. The normalized spacial score (nSPS) is 11.3. The molecule has 48 heavy (non-hydrogen) atoms. The quantitative estimate of drug-likeness (QED) is 0.172. The van der Waals surface area contributed by atoms with Crippen molar-refractivity contribution in [2.24, 2.45) is 0 Å². The molecule has 0 spiro atoms. The Kier molecular flexibility index (Phi) is 7.42. The molecular formula is C46H36O2. The lowest BCUT2D eigenvalue weighted by atomic mass is 9.76. The van der Waals surface area contributed by atoms with Crippen LogP contribution in [0.2, 0.25) is 0 Å². The molecule has 2 nitrogen and oxygen atoms in total. The lowest BCUT2D eigenvalue weighted by Crippen LogP contribution is -1.99. The Balaban J connectivity index is 1.72. The molecular weight excluding hydrogens is 585 g/mol. The van der Waals surface area contributed by atoms with Crippen LogP contribution < -0.4 is 9.47 Å². The minimum atomic E-state index is 0.837. The van der Waals surface area contributed by atoms with Crippen molar-refractivity contribution in [3.8, 4) is 56.0 Å². The number of fused-ring (bicyclic) bond motifs is 6. The van der Waals surface area contributed by atoms with E-state index in [1.807, 2.05) is 0 Å². The largest absolute Gasteiger partial charge is 0.497 e. The molecule has 8 rings (SSSR count). The van der Waals surface area contributed by atoms with Crippen LogP contribution >= 0.6 is 0 Å². The maximum atomic E-state index is 5.64. The Morgan fingerprint density at radius 3 is 0.938 bits per heavy atom. The summed E-state index contributed by atoms with van der Waals surface area (Å²) in [6, 6.07) is 52.9. The van der Waals surface area contributed by atoms with Crippen LogP contribution in [-0.2, 0) is 0 Å². The lowest BCUT2D eigenvalue weighted by molar-refractivity contribution is 0.415. The molecule has 8 aromatic carbocycles. The van der Waals surface area contributed by atoms with Crippen LogP contribution in [0.1, 0.15) is 11.1 Å². The highest BCUT2D eigenvalue weighted by molar-refractivity contribution is 6.35. The summed E-state index contributed by atoms with van der Waals surface area (Å²) < 4.78 is 11.3. The van der Waals surface area contributed by atoms with Crippen molar-refractivity contribution in [3.63, 3.8) is 0 Å². The van der Waals surface area contributed by atoms with Crippen molar-refractivity contribution in [2.75, 3.05) is 14.2 Å². The maximum Gasteiger partial charge on any atom is 0.118 e. The fourth-order valence-corrected chi connectivity index (χ4v) is 7.27. The zero-order valence-electron chi connectivity index (χ0n) is 27.7. The first kappa shape index (κ1) is 29.5. The van der Waals surface area contributed by atoms with E-state index >= 15 is 0 Å². The Morgan fingerprint density at radius 2 is 0.604 bits per heavy atom. The summed E-state index contributed by atoms with van der Waals surface area (Å²) in [4.78, 5) is 0. The second-order valence-electron chi connectivity index (χ2n) is 12.5. The average Bonchev–Trinajstić information content (AvgIpc) is 3.15. The molecule has 0 fully saturated rings. The average molecular weight is 621 g/mol. The molecule has 0 N–H and O–H groups in total. The molecule has 0 aliphatic heterocycles. The molecule has 0 aliphatic rings. The standard InChI is InChI=1S/C46H36O2/c1-29-13-17-31(18-14-29)41-42(32-19-15-30(2)16-20-32)44(34-23-27-36(48-4)28-24-34)46-40-12-8-6-10-38(40)37-9-5-7-11-39(37)45(46)43(41)33-21-25-35(47-3)26-22-33/h5-28H,1-4H3. The van der Waals surface area contributed by atoms with Gasteiger partial charge in [0, 0.05) is 0 Å². The molecule has 8 aromatic rings. The Bertz CT molecular complexity index is 2260. The van der Waals surface area contributed by atoms with Gasteiger partial charge in [0.05, 0.1) is 14.2 Å². The number of benzene rings is 8. The summed E-state index contributed by atoms with van der Waals surface area (Å²) in [6.07, 6.45) is 0. The summed E-state index contributed by atoms with van der Waals surface area (Å²) in [5.41, 5.74) is 12.0. The molecule has 0 amide bonds. The Labute approximate surface area is 281 Å². The number of hydrogen-bond donors (Lipinski definition) is 0. The lowest BCUT2D eigenvalue weighted by Gasteiger charge is -2.26. The molecule has 0 radical (unpaired) electrons. The molecule has 0 atom stereocenters. The molecule has 2 heteroatoms. The smallest absolute Gasteiger partial charge is 0.118 e. The van der Waals surface area contributed by atoms with Gasteiger partial charge in [-0.15, -0.1) is 0 Å². The van der Waals surface area contributed by atoms with E-state index in [0.717, 1.165) is 22.6 Å². The predicted molar refractivity (Wildman–Crippen MR) is 203 cm³/mol. The monoisotopic (exact) mass is 620 g/mol. The number of rotatable bonds is 6. The summed E-state index contributed by atoms with van der Waals surface area (Å²) in [7, 11) is 3.45. The van der Waals surface area contributed by atoms with E-state index in [-0.39, 0.29) is 0 Å². The first-order valence-electron chi connectivity index (χ1n) is 16.4. The SMILES string of the molecule is COc1ccc(-c2c(-c3ccc(C)cc3)c(-c3ccc(C)cc3)c(-c3ccc(OC)cc3)c3c4ccccc4c4ccccc4c23)cc1. The number of hydrogen-bond acceptors (Lipinski definition) is 2. The van der Waals surface area contributed by atoms with E-state index in [4.69, 9.17) is 9.47 Å². The van der Waals surface area contributed by atoms with E-state index in [1.165, 1.54) is 76.8 Å². The highest BCUT2D eigenvalue weighted by Gasteiger charge is 2.27. The zero-order chi connectivity index (χ0) is 32.8. The zero-order valence-corrected chi connectivity index (χ0v) is 27.7. The molecule has 0 unspecified atom stereocenters. The van der Waals surface area contributed by atoms with E-state index in [0.29, 0.717) is 0 Å². The molecule has 0 aliphatic carbocycles. The van der Waals surface area contributed by atoms with Crippen LogP contribution in [0.15, 0.2) is 146 Å². The van der Waals surface area contributed by atoms with Crippen LogP contribution in [0.5, 0.6) is 11.5 Å². The summed E-state index contributed by atoms with van der Waals surface area (Å²) in [6.45, 7) is 4.30. The van der Waals surface area contributed by atoms with Gasteiger partial charge in [0.1, 0.15) is 11.5 Å². The van der Waals surface area contributed by atoms with Crippen molar-refractivity contribution in [1.82, 2.24) is 0 Å². The highest BCUT2D eigenvalue weighted by Crippen LogP contribution is 2.54. The molecule has 0 bridgehead atoms.